The lowest BCUT2D eigenvalue weighted by Gasteiger charge is -2.18. The van der Waals surface area contributed by atoms with Crippen LogP contribution in [-0.4, -0.2) is 22.0 Å². The number of sulfonamides is 1. The van der Waals surface area contributed by atoms with Crippen molar-refractivity contribution in [2.75, 3.05) is 13.6 Å². The molecule has 0 heterocycles. The minimum atomic E-state index is -3.39. The molecule has 0 amide bonds. The van der Waals surface area contributed by atoms with Crippen molar-refractivity contribution in [3.05, 3.63) is 42.0 Å². The van der Waals surface area contributed by atoms with E-state index in [9.17, 15) is 8.42 Å². The molecule has 0 aromatic heterocycles. The van der Waals surface area contributed by atoms with Crippen LogP contribution in [0.15, 0.2) is 41.3 Å². The van der Waals surface area contributed by atoms with Gasteiger partial charge in [0.25, 0.3) is 0 Å². The molecule has 110 valence electrons. The summed E-state index contributed by atoms with van der Waals surface area (Å²) in [6, 6.07) is 7.01. The monoisotopic (exact) mass is 294 g/mol. The molecule has 1 aromatic rings. The summed E-state index contributed by atoms with van der Waals surface area (Å²) >= 11 is 0. The molecule has 0 radical (unpaired) electrons. The lowest BCUT2D eigenvalue weighted by Crippen LogP contribution is -2.29. The van der Waals surface area contributed by atoms with Gasteiger partial charge in [0.1, 0.15) is 0 Å². The maximum absolute atomic E-state index is 12.2. The van der Waals surface area contributed by atoms with Gasteiger partial charge in [-0.15, -0.1) is 0 Å². The molecule has 4 nitrogen and oxygen atoms in total. The Morgan fingerprint density at radius 2 is 1.95 bits per heavy atom. The summed E-state index contributed by atoms with van der Waals surface area (Å²) in [7, 11) is -1.52. The van der Waals surface area contributed by atoms with Gasteiger partial charge < -0.3 is 5.32 Å². The van der Waals surface area contributed by atoms with Crippen LogP contribution in [0.2, 0.25) is 0 Å². The summed E-state index contributed by atoms with van der Waals surface area (Å²) in [6.07, 6.45) is 7.36. The van der Waals surface area contributed by atoms with E-state index in [2.05, 4.69) is 22.2 Å². The van der Waals surface area contributed by atoms with Crippen LogP contribution in [0.1, 0.15) is 24.8 Å². The lowest BCUT2D eigenvalue weighted by atomic mass is 9.95. The van der Waals surface area contributed by atoms with E-state index in [0.29, 0.717) is 17.4 Å². The first-order valence-electron chi connectivity index (χ1n) is 7.00. The number of hydrogen-bond donors (Lipinski definition) is 2. The Hall–Kier alpha value is -1.17. The molecule has 0 aliphatic heterocycles. The van der Waals surface area contributed by atoms with Crippen LogP contribution in [0.5, 0.6) is 0 Å². The van der Waals surface area contributed by atoms with Crippen molar-refractivity contribution < 1.29 is 8.42 Å². The maximum atomic E-state index is 12.2. The predicted octanol–water partition coefficient (Wildman–Crippen LogP) is 2.04. The quantitative estimate of drug-likeness (QED) is 0.789. The topological polar surface area (TPSA) is 58.2 Å². The van der Waals surface area contributed by atoms with E-state index in [4.69, 9.17) is 0 Å². The van der Waals surface area contributed by atoms with Gasteiger partial charge in [0.2, 0.25) is 10.0 Å². The zero-order valence-corrected chi connectivity index (χ0v) is 12.6. The van der Waals surface area contributed by atoms with Crippen LogP contribution >= 0.6 is 0 Å². The Morgan fingerprint density at radius 3 is 2.55 bits per heavy atom. The van der Waals surface area contributed by atoms with Crippen LogP contribution in [0.3, 0.4) is 0 Å². The lowest BCUT2D eigenvalue weighted by molar-refractivity contribution is 0.468. The number of benzene rings is 1. The molecule has 1 aliphatic carbocycles. The average Bonchev–Trinajstić information content (AvgIpc) is 2.47. The van der Waals surface area contributed by atoms with Crippen molar-refractivity contribution in [2.24, 2.45) is 5.92 Å². The van der Waals surface area contributed by atoms with Crippen molar-refractivity contribution >= 4 is 10.0 Å². The summed E-state index contributed by atoms with van der Waals surface area (Å²) in [5.41, 5.74) is 1.07. The van der Waals surface area contributed by atoms with Crippen LogP contribution in [-0.2, 0) is 16.6 Å². The predicted molar refractivity (Wildman–Crippen MR) is 80.9 cm³/mol. The Labute approximate surface area is 121 Å². The third-order valence-electron chi connectivity index (χ3n) is 3.55. The number of rotatable bonds is 6. The first-order valence-corrected chi connectivity index (χ1v) is 8.48. The molecule has 1 aliphatic rings. The molecular weight excluding hydrogens is 272 g/mol. The Bertz CT molecular complexity index is 550. The molecule has 0 bridgehead atoms. The van der Waals surface area contributed by atoms with Crippen LogP contribution in [0, 0.1) is 5.92 Å². The van der Waals surface area contributed by atoms with Gasteiger partial charge in [-0.2, -0.15) is 0 Å². The molecule has 1 aromatic carbocycles. The second-order valence-electron chi connectivity index (χ2n) is 5.18. The summed E-state index contributed by atoms with van der Waals surface area (Å²) in [6.45, 7) is 1.26. The molecule has 1 unspecified atom stereocenters. The van der Waals surface area contributed by atoms with E-state index in [1.54, 1.807) is 12.1 Å². The van der Waals surface area contributed by atoms with Crippen LogP contribution in [0.25, 0.3) is 0 Å². The molecule has 0 saturated heterocycles. The first kappa shape index (κ1) is 15.2. The zero-order chi connectivity index (χ0) is 14.4. The normalized spacial score (nSPS) is 19.1. The smallest absolute Gasteiger partial charge is 0.240 e. The zero-order valence-electron chi connectivity index (χ0n) is 11.8. The standard InChI is InChI=1S/C15H22N2O2S/c1-16-11-14-7-9-15(10-8-14)20(18,19)17-12-13-5-3-2-4-6-13/h2-3,7-10,13,16-17H,4-6,11-12H2,1H3. The molecule has 20 heavy (non-hydrogen) atoms. The van der Waals surface area contributed by atoms with E-state index >= 15 is 0 Å². The minimum Gasteiger partial charge on any atom is -0.316 e. The van der Waals surface area contributed by atoms with Gasteiger partial charge in [0.05, 0.1) is 4.90 Å². The van der Waals surface area contributed by atoms with Crippen LogP contribution < -0.4 is 10.0 Å². The summed E-state index contributed by atoms with van der Waals surface area (Å²) in [5, 5.41) is 3.04. The van der Waals surface area contributed by atoms with E-state index in [0.717, 1.165) is 31.4 Å². The minimum absolute atomic E-state index is 0.337. The highest BCUT2D eigenvalue weighted by molar-refractivity contribution is 7.89. The number of allylic oxidation sites excluding steroid dienone is 2. The molecule has 1 atom stereocenters. The Morgan fingerprint density at radius 1 is 1.20 bits per heavy atom. The Kier molecular flexibility index (Phi) is 5.34. The number of nitrogens with one attached hydrogen (secondary N) is 2. The average molecular weight is 294 g/mol. The fourth-order valence-corrected chi connectivity index (χ4v) is 3.46. The molecule has 2 rings (SSSR count). The van der Waals surface area contributed by atoms with E-state index in [1.807, 2.05) is 19.2 Å². The van der Waals surface area contributed by atoms with Crippen molar-refractivity contribution in [3.8, 4) is 0 Å². The molecule has 5 heteroatoms. The van der Waals surface area contributed by atoms with E-state index < -0.39 is 10.0 Å². The SMILES string of the molecule is CNCc1ccc(S(=O)(=O)NCC2CC=CCC2)cc1. The van der Waals surface area contributed by atoms with Gasteiger partial charge in [-0.25, -0.2) is 13.1 Å². The molecular formula is C15H22N2O2S. The van der Waals surface area contributed by atoms with Gasteiger partial charge >= 0.3 is 0 Å². The fraction of sp³-hybridized carbons (Fsp3) is 0.467. The summed E-state index contributed by atoms with van der Waals surface area (Å²) < 4.78 is 27.1. The molecule has 0 spiro atoms. The van der Waals surface area contributed by atoms with Gasteiger partial charge in [-0.05, 0) is 49.9 Å². The third-order valence-corrected chi connectivity index (χ3v) is 4.99. The highest BCUT2D eigenvalue weighted by Crippen LogP contribution is 2.18. The van der Waals surface area contributed by atoms with Gasteiger partial charge in [-0.1, -0.05) is 24.3 Å². The van der Waals surface area contributed by atoms with Gasteiger partial charge in [0, 0.05) is 13.1 Å². The third kappa shape index (κ3) is 4.16. The maximum Gasteiger partial charge on any atom is 0.240 e. The highest BCUT2D eigenvalue weighted by Gasteiger charge is 2.17. The van der Waals surface area contributed by atoms with E-state index in [-0.39, 0.29) is 0 Å². The van der Waals surface area contributed by atoms with Gasteiger partial charge in [0.15, 0.2) is 0 Å². The number of hydrogen-bond acceptors (Lipinski definition) is 3. The fourth-order valence-electron chi connectivity index (χ4n) is 2.34. The molecule has 0 saturated carbocycles. The molecule has 0 fully saturated rings. The highest BCUT2D eigenvalue weighted by atomic mass is 32.2. The van der Waals surface area contributed by atoms with Crippen molar-refractivity contribution in [3.63, 3.8) is 0 Å². The summed E-state index contributed by atoms with van der Waals surface area (Å²) in [5.74, 6) is 0.415. The van der Waals surface area contributed by atoms with Crippen molar-refractivity contribution in [1.29, 1.82) is 0 Å². The Balaban J connectivity index is 1.96. The molecule has 2 N–H and O–H groups in total. The summed E-state index contributed by atoms with van der Waals surface area (Å²) in [4.78, 5) is 0.337. The van der Waals surface area contributed by atoms with Crippen molar-refractivity contribution in [1.82, 2.24) is 10.0 Å². The van der Waals surface area contributed by atoms with E-state index in [1.165, 1.54) is 0 Å². The second kappa shape index (κ2) is 7.02. The first-order chi connectivity index (χ1) is 9.62. The van der Waals surface area contributed by atoms with Crippen molar-refractivity contribution in [2.45, 2.75) is 30.7 Å². The largest absolute Gasteiger partial charge is 0.316 e. The van der Waals surface area contributed by atoms with Crippen LogP contribution in [0.4, 0.5) is 0 Å². The second-order valence-corrected chi connectivity index (χ2v) is 6.94. The van der Waals surface area contributed by atoms with Gasteiger partial charge in [-0.3, -0.25) is 0 Å².